The Morgan fingerprint density at radius 3 is 2.43 bits per heavy atom. The molecule has 0 aliphatic rings. The van der Waals surface area contributed by atoms with Gasteiger partial charge in [0.15, 0.2) is 0 Å². The van der Waals surface area contributed by atoms with Crippen molar-refractivity contribution in [2.45, 2.75) is 20.8 Å². The summed E-state index contributed by atoms with van der Waals surface area (Å²) < 4.78 is 5.15. The number of methoxy groups -OCH3 is 1. The Bertz CT molecular complexity index is 1170. The number of hydrogen-bond donors (Lipinski definition) is 2. The summed E-state index contributed by atoms with van der Waals surface area (Å²) >= 11 is 1.08. The molecule has 3 aromatic rings. The van der Waals surface area contributed by atoms with E-state index >= 15 is 0 Å². The number of aryl methyl sites for hydroxylation is 1. The van der Waals surface area contributed by atoms with Gasteiger partial charge >= 0.3 is 0 Å². The number of amides is 2. The highest BCUT2D eigenvalue weighted by Crippen LogP contribution is 2.34. The van der Waals surface area contributed by atoms with Crippen LogP contribution in [-0.2, 0) is 0 Å². The fourth-order valence-electron chi connectivity index (χ4n) is 2.96. The fourth-order valence-corrected chi connectivity index (χ4v) is 4.01. The molecule has 6 nitrogen and oxygen atoms in total. The summed E-state index contributed by atoms with van der Waals surface area (Å²) in [6.07, 6.45) is 0. The quantitative estimate of drug-likeness (QED) is 0.605. The van der Waals surface area contributed by atoms with Crippen LogP contribution in [0.4, 0.5) is 10.7 Å². The molecule has 0 spiro atoms. The number of anilines is 2. The number of nitriles is 1. The van der Waals surface area contributed by atoms with Crippen molar-refractivity contribution in [2.24, 2.45) is 0 Å². The molecule has 2 N–H and O–H groups in total. The molecule has 0 radical (unpaired) electrons. The van der Waals surface area contributed by atoms with Crippen molar-refractivity contribution in [1.29, 1.82) is 5.26 Å². The minimum absolute atomic E-state index is 0.280. The van der Waals surface area contributed by atoms with Crippen molar-refractivity contribution in [3.8, 4) is 11.8 Å². The topological polar surface area (TPSA) is 91.2 Å². The molecular formula is C23H21N3O3S. The first-order valence-corrected chi connectivity index (χ1v) is 10.0. The van der Waals surface area contributed by atoms with E-state index in [4.69, 9.17) is 4.74 Å². The number of ether oxygens (including phenoxy) is 1. The highest BCUT2D eigenvalue weighted by molar-refractivity contribution is 7.18. The third-order valence-corrected chi connectivity index (χ3v) is 6.08. The van der Waals surface area contributed by atoms with Gasteiger partial charge in [-0.05, 0) is 61.7 Å². The molecular weight excluding hydrogens is 398 g/mol. The molecule has 0 saturated heterocycles. The van der Waals surface area contributed by atoms with Crippen molar-refractivity contribution >= 4 is 33.8 Å². The summed E-state index contributed by atoms with van der Waals surface area (Å²) in [4.78, 5) is 25.9. The molecule has 3 rings (SSSR count). The molecule has 0 atom stereocenters. The average molecular weight is 420 g/mol. The van der Waals surface area contributed by atoms with Crippen LogP contribution < -0.4 is 15.4 Å². The molecule has 0 aliphatic carbocycles. The Balaban J connectivity index is 1.88. The van der Waals surface area contributed by atoms with E-state index in [0.29, 0.717) is 32.4 Å². The summed E-state index contributed by atoms with van der Waals surface area (Å²) in [7, 11) is 1.52. The molecule has 0 aliphatic heterocycles. The molecule has 0 fully saturated rings. The zero-order valence-electron chi connectivity index (χ0n) is 17.1. The summed E-state index contributed by atoms with van der Waals surface area (Å²) in [5.74, 6) is -0.142. The van der Waals surface area contributed by atoms with Gasteiger partial charge < -0.3 is 15.4 Å². The lowest BCUT2D eigenvalue weighted by molar-refractivity contribution is 0.102. The Hall–Kier alpha value is -3.63. The largest absolute Gasteiger partial charge is 0.497 e. The second-order valence-electron chi connectivity index (χ2n) is 6.76. The van der Waals surface area contributed by atoms with Crippen LogP contribution in [0.5, 0.6) is 5.75 Å². The second kappa shape index (κ2) is 8.80. The molecule has 7 heteroatoms. The number of nitrogens with one attached hydrogen (secondary N) is 2. The third kappa shape index (κ3) is 4.19. The van der Waals surface area contributed by atoms with Gasteiger partial charge in [-0.3, -0.25) is 9.59 Å². The molecule has 1 aromatic heterocycles. The Morgan fingerprint density at radius 2 is 1.73 bits per heavy atom. The predicted molar refractivity (Wildman–Crippen MR) is 119 cm³/mol. The SMILES string of the molecule is COc1cccc(C(=O)Nc2sc(C(=O)Nc3cccc(C)c3C)c(C)c2C#N)c1. The molecule has 30 heavy (non-hydrogen) atoms. The molecule has 2 aromatic carbocycles. The lowest BCUT2D eigenvalue weighted by atomic mass is 10.1. The number of carbonyl (C=O) groups excluding carboxylic acids is 2. The van der Waals surface area contributed by atoms with Crippen LogP contribution in [0.15, 0.2) is 42.5 Å². The molecule has 2 amide bonds. The van der Waals surface area contributed by atoms with Gasteiger partial charge in [-0.25, -0.2) is 0 Å². The minimum Gasteiger partial charge on any atom is -0.497 e. The predicted octanol–water partition coefficient (Wildman–Crippen LogP) is 5.06. The number of thiophene rings is 1. The van der Waals surface area contributed by atoms with Crippen LogP contribution in [-0.4, -0.2) is 18.9 Å². The van der Waals surface area contributed by atoms with Crippen molar-refractivity contribution < 1.29 is 14.3 Å². The van der Waals surface area contributed by atoms with Gasteiger partial charge in [0.05, 0.1) is 17.6 Å². The van der Waals surface area contributed by atoms with Gasteiger partial charge in [-0.2, -0.15) is 5.26 Å². The van der Waals surface area contributed by atoms with E-state index in [0.717, 1.165) is 22.5 Å². The van der Waals surface area contributed by atoms with Gasteiger partial charge in [0, 0.05) is 11.3 Å². The molecule has 0 saturated carbocycles. The Kier molecular flexibility index (Phi) is 6.19. The van der Waals surface area contributed by atoms with Gasteiger partial charge in [0.1, 0.15) is 16.8 Å². The van der Waals surface area contributed by atoms with Gasteiger partial charge in [0.2, 0.25) is 0 Å². The van der Waals surface area contributed by atoms with E-state index in [1.807, 2.05) is 32.0 Å². The first-order chi connectivity index (χ1) is 14.3. The number of nitrogens with zero attached hydrogens (tertiary/aromatic N) is 1. The second-order valence-corrected chi connectivity index (χ2v) is 7.78. The monoisotopic (exact) mass is 419 g/mol. The Morgan fingerprint density at radius 1 is 1.00 bits per heavy atom. The summed E-state index contributed by atoms with van der Waals surface area (Å²) in [5, 5.41) is 15.6. The van der Waals surface area contributed by atoms with Gasteiger partial charge in [0.25, 0.3) is 11.8 Å². The zero-order valence-corrected chi connectivity index (χ0v) is 17.9. The fraction of sp³-hybridized carbons (Fsp3) is 0.174. The van der Waals surface area contributed by atoms with Gasteiger partial charge in [-0.1, -0.05) is 18.2 Å². The first-order valence-electron chi connectivity index (χ1n) is 9.22. The maximum atomic E-state index is 12.9. The number of rotatable bonds is 5. The summed E-state index contributed by atoms with van der Waals surface area (Å²) in [6, 6.07) is 14.5. The van der Waals surface area contributed by atoms with Crippen molar-refractivity contribution in [1.82, 2.24) is 0 Å². The van der Waals surface area contributed by atoms with Crippen molar-refractivity contribution in [3.05, 3.63) is 75.2 Å². The van der Waals surface area contributed by atoms with Crippen molar-refractivity contribution in [2.75, 3.05) is 17.7 Å². The van der Waals surface area contributed by atoms with E-state index in [2.05, 4.69) is 16.7 Å². The average Bonchev–Trinajstić information content (AvgIpc) is 3.06. The molecule has 152 valence electrons. The van der Waals surface area contributed by atoms with Crippen LogP contribution >= 0.6 is 11.3 Å². The van der Waals surface area contributed by atoms with Crippen LogP contribution in [0.3, 0.4) is 0 Å². The molecule has 0 bridgehead atoms. The minimum atomic E-state index is -0.381. The molecule has 0 unspecified atom stereocenters. The highest BCUT2D eigenvalue weighted by Gasteiger charge is 2.22. The maximum absolute atomic E-state index is 12.9. The van der Waals surface area contributed by atoms with E-state index in [1.54, 1.807) is 31.2 Å². The summed E-state index contributed by atoms with van der Waals surface area (Å²) in [6.45, 7) is 5.61. The number of hydrogen-bond acceptors (Lipinski definition) is 5. The number of carbonyl (C=O) groups is 2. The number of benzene rings is 2. The van der Waals surface area contributed by atoms with E-state index in [1.165, 1.54) is 7.11 Å². The van der Waals surface area contributed by atoms with E-state index in [9.17, 15) is 14.9 Å². The van der Waals surface area contributed by atoms with Crippen LogP contribution in [0.2, 0.25) is 0 Å². The van der Waals surface area contributed by atoms with Crippen molar-refractivity contribution in [3.63, 3.8) is 0 Å². The van der Waals surface area contributed by atoms with E-state index in [-0.39, 0.29) is 17.4 Å². The third-order valence-electron chi connectivity index (χ3n) is 4.88. The lowest BCUT2D eigenvalue weighted by Crippen LogP contribution is -2.12. The standard InChI is InChI=1S/C23H21N3O3S/c1-13-7-5-10-19(14(13)2)25-22(28)20-15(3)18(12-24)23(30-20)26-21(27)16-8-6-9-17(11-16)29-4/h5-11H,1-4H3,(H,25,28)(H,26,27). The normalized spacial score (nSPS) is 10.2. The lowest BCUT2D eigenvalue weighted by Gasteiger charge is -2.09. The van der Waals surface area contributed by atoms with Crippen LogP contribution in [0, 0.1) is 32.1 Å². The Labute approximate surface area is 179 Å². The highest BCUT2D eigenvalue weighted by atomic mass is 32.1. The van der Waals surface area contributed by atoms with E-state index < -0.39 is 0 Å². The van der Waals surface area contributed by atoms with Crippen LogP contribution in [0.1, 0.15) is 42.3 Å². The molecule has 1 heterocycles. The summed E-state index contributed by atoms with van der Waals surface area (Å²) in [5.41, 5.74) is 3.97. The smallest absolute Gasteiger partial charge is 0.266 e. The van der Waals surface area contributed by atoms with Gasteiger partial charge in [-0.15, -0.1) is 11.3 Å². The first kappa shape index (κ1) is 21.1. The maximum Gasteiger partial charge on any atom is 0.266 e. The zero-order chi connectivity index (χ0) is 21.8. The van der Waals surface area contributed by atoms with Crippen LogP contribution in [0.25, 0.3) is 0 Å².